The van der Waals surface area contributed by atoms with Gasteiger partial charge in [0.2, 0.25) is 0 Å². The summed E-state index contributed by atoms with van der Waals surface area (Å²) >= 11 is 0. The number of unbranched alkanes of at least 4 members (excludes halogenated alkanes) is 1. The van der Waals surface area contributed by atoms with Crippen LogP contribution in [-0.4, -0.2) is 14.9 Å². The highest BCUT2D eigenvalue weighted by Gasteiger charge is 2.22. The van der Waals surface area contributed by atoms with E-state index < -0.39 is 0 Å². The molecule has 1 heterocycles. The summed E-state index contributed by atoms with van der Waals surface area (Å²) in [5.74, 6) is 0.700. The van der Waals surface area contributed by atoms with Gasteiger partial charge in [-0.1, -0.05) is 53.9 Å². The molecule has 3 nitrogen and oxygen atoms in total. The molecule has 0 aliphatic heterocycles. The predicted molar refractivity (Wildman–Crippen MR) is 89.5 cm³/mol. The largest absolute Gasteiger partial charge is 0.388 e. The molecule has 1 rings (SSSR count). The summed E-state index contributed by atoms with van der Waals surface area (Å²) in [4.78, 5) is 0. The maximum atomic E-state index is 10.3. The van der Waals surface area contributed by atoms with Gasteiger partial charge >= 0.3 is 0 Å². The van der Waals surface area contributed by atoms with E-state index in [1.54, 1.807) is 0 Å². The Hall–Kier alpha value is -0.830. The molecule has 0 bridgehead atoms. The van der Waals surface area contributed by atoms with Crippen molar-refractivity contribution in [1.29, 1.82) is 0 Å². The summed E-state index contributed by atoms with van der Waals surface area (Å²) in [6.45, 7) is 11.9. The quantitative estimate of drug-likeness (QED) is 0.681. The second-order valence-electron chi connectivity index (χ2n) is 6.04. The van der Waals surface area contributed by atoms with Crippen molar-refractivity contribution < 1.29 is 5.11 Å². The summed E-state index contributed by atoms with van der Waals surface area (Å²) in [5.41, 5.74) is 3.44. The highest BCUT2D eigenvalue weighted by Crippen LogP contribution is 2.27. The molecule has 0 fully saturated rings. The molecular weight excluding hydrogens is 260 g/mol. The average molecular weight is 294 g/mol. The summed E-state index contributed by atoms with van der Waals surface area (Å²) in [5, 5.41) is 15.2. The zero-order valence-electron chi connectivity index (χ0n) is 14.7. The highest BCUT2D eigenvalue weighted by molar-refractivity contribution is 5.29. The number of aliphatic hydroxyl groups is 1. The minimum absolute atomic E-state index is 0.362. The first-order valence-corrected chi connectivity index (χ1v) is 8.89. The van der Waals surface area contributed by atoms with Gasteiger partial charge in [-0.25, -0.2) is 0 Å². The van der Waals surface area contributed by atoms with Crippen LogP contribution in [0.15, 0.2) is 0 Å². The Bertz CT molecular complexity index is 412. The van der Waals surface area contributed by atoms with E-state index in [4.69, 9.17) is 5.10 Å². The third-order valence-electron chi connectivity index (χ3n) is 4.54. The summed E-state index contributed by atoms with van der Waals surface area (Å²) in [6, 6.07) is 0. The van der Waals surface area contributed by atoms with E-state index in [-0.39, 0.29) is 6.10 Å². The van der Waals surface area contributed by atoms with Crippen molar-refractivity contribution in [2.24, 2.45) is 5.92 Å². The first-order valence-electron chi connectivity index (χ1n) is 8.89. The first-order chi connectivity index (χ1) is 10.1. The molecule has 0 saturated carbocycles. The monoisotopic (exact) mass is 294 g/mol. The maximum absolute atomic E-state index is 10.3. The number of rotatable bonds is 10. The molecule has 0 saturated heterocycles. The molecule has 122 valence electrons. The van der Waals surface area contributed by atoms with E-state index in [1.165, 1.54) is 31.4 Å². The van der Waals surface area contributed by atoms with Crippen molar-refractivity contribution in [1.82, 2.24) is 9.78 Å². The molecule has 0 aliphatic carbocycles. The lowest BCUT2D eigenvalue weighted by Crippen LogP contribution is -2.14. The van der Waals surface area contributed by atoms with Gasteiger partial charge in [-0.05, 0) is 31.6 Å². The zero-order chi connectivity index (χ0) is 15.8. The van der Waals surface area contributed by atoms with Crippen molar-refractivity contribution in [2.75, 3.05) is 0 Å². The Kier molecular flexibility index (Phi) is 8.02. The Labute approximate surface area is 130 Å². The molecule has 1 aromatic rings. The van der Waals surface area contributed by atoms with E-state index in [0.717, 1.165) is 37.1 Å². The number of hydrogen-bond acceptors (Lipinski definition) is 2. The average Bonchev–Trinajstić information content (AvgIpc) is 2.87. The minimum atomic E-state index is -0.362. The van der Waals surface area contributed by atoms with Crippen LogP contribution >= 0.6 is 0 Å². The van der Waals surface area contributed by atoms with Gasteiger partial charge in [0.05, 0.1) is 11.8 Å². The van der Waals surface area contributed by atoms with Gasteiger partial charge in [0.25, 0.3) is 0 Å². The molecule has 0 aromatic carbocycles. The Morgan fingerprint density at radius 3 is 2.24 bits per heavy atom. The smallest absolute Gasteiger partial charge is 0.0823 e. The fourth-order valence-corrected chi connectivity index (χ4v) is 3.10. The summed E-state index contributed by atoms with van der Waals surface area (Å²) in [7, 11) is 0. The predicted octanol–water partition coefficient (Wildman–Crippen LogP) is 4.67. The molecule has 0 radical (unpaired) electrons. The van der Waals surface area contributed by atoms with E-state index in [9.17, 15) is 5.11 Å². The van der Waals surface area contributed by atoms with Gasteiger partial charge in [0.15, 0.2) is 0 Å². The fourth-order valence-electron chi connectivity index (χ4n) is 3.10. The zero-order valence-corrected chi connectivity index (χ0v) is 14.7. The standard InChI is InChI=1S/C18H34N2O/c1-6-11-12-14(7-2)13-20-16(9-4)18(17(21)10-5)15(8-3)19-20/h14,17,21H,6-13H2,1-5H3. The van der Waals surface area contributed by atoms with Crippen LogP contribution in [0.5, 0.6) is 0 Å². The third kappa shape index (κ3) is 4.57. The van der Waals surface area contributed by atoms with Crippen LogP contribution in [0.25, 0.3) is 0 Å². The number of aliphatic hydroxyl groups excluding tert-OH is 1. The number of aromatic nitrogens is 2. The van der Waals surface area contributed by atoms with Gasteiger partial charge in [-0.3, -0.25) is 4.68 Å². The van der Waals surface area contributed by atoms with Crippen LogP contribution in [0.4, 0.5) is 0 Å². The van der Waals surface area contributed by atoms with Crippen molar-refractivity contribution in [2.45, 2.75) is 92.2 Å². The Morgan fingerprint density at radius 2 is 1.76 bits per heavy atom. The van der Waals surface area contributed by atoms with E-state index >= 15 is 0 Å². The molecule has 1 aromatic heterocycles. The molecule has 1 N–H and O–H groups in total. The number of hydrogen-bond donors (Lipinski definition) is 1. The van der Waals surface area contributed by atoms with Crippen LogP contribution in [0, 0.1) is 5.92 Å². The molecule has 21 heavy (non-hydrogen) atoms. The number of aryl methyl sites for hydroxylation is 1. The van der Waals surface area contributed by atoms with Gasteiger partial charge < -0.3 is 5.11 Å². The third-order valence-corrected chi connectivity index (χ3v) is 4.54. The molecule has 3 heteroatoms. The van der Waals surface area contributed by atoms with E-state index in [2.05, 4.69) is 32.4 Å². The van der Waals surface area contributed by atoms with Gasteiger partial charge in [0, 0.05) is 17.8 Å². The molecule has 2 atom stereocenters. The SMILES string of the molecule is CCCCC(CC)Cn1nc(CC)c(C(O)CC)c1CC. The van der Waals surface area contributed by atoms with Crippen LogP contribution in [0.3, 0.4) is 0 Å². The van der Waals surface area contributed by atoms with Crippen LogP contribution in [0.1, 0.15) is 89.8 Å². The van der Waals surface area contributed by atoms with E-state index in [1.807, 2.05) is 6.92 Å². The van der Waals surface area contributed by atoms with E-state index in [0.29, 0.717) is 5.92 Å². The minimum Gasteiger partial charge on any atom is -0.388 e. The molecule has 0 spiro atoms. The molecule has 0 aliphatic rings. The molecule has 2 unspecified atom stereocenters. The Morgan fingerprint density at radius 1 is 1.05 bits per heavy atom. The molecular formula is C18H34N2O. The lowest BCUT2D eigenvalue weighted by atomic mass is 9.98. The Balaban J connectivity index is 3.03. The lowest BCUT2D eigenvalue weighted by molar-refractivity contribution is 0.171. The van der Waals surface area contributed by atoms with Crippen molar-refractivity contribution in [3.63, 3.8) is 0 Å². The van der Waals surface area contributed by atoms with Crippen LogP contribution in [-0.2, 0) is 19.4 Å². The second kappa shape index (κ2) is 9.24. The van der Waals surface area contributed by atoms with Crippen molar-refractivity contribution in [3.8, 4) is 0 Å². The van der Waals surface area contributed by atoms with Crippen molar-refractivity contribution in [3.05, 3.63) is 17.0 Å². The van der Waals surface area contributed by atoms with Crippen molar-refractivity contribution >= 4 is 0 Å². The van der Waals surface area contributed by atoms with Crippen LogP contribution in [0.2, 0.25) is 0 Å². The highest BCUT2D eigenvalue weighted by atomic mass is 16.3. The fraction of sp³-hybridized carbons (Fsp3) is 0.833. The number of nitrogens with zero attached hydrogens (tertiary/aromatic N) is 2. The summed E-state index contributed by atoms with van der Waals surface area (Å²) < 4.78 is 2.19. The first kappa shape index (κ1) is 18.2. The topological polar surface area (TPSA) is 38.0 Å². The normalized spacial score (nSPS) is 14.4. The van der Waals surface area contributed by atoms with Crippen LogP contribution < -0.4 is 0 Å². The maximum Gasteiger partial charge on any atom is 0.0823 e. The van der Waals surface area contributed by atoms with Gasteiger partial charge in [-0.15, -0.1) is 0 Å². The molecule has 0 amide bonds. The van der Waals surface area contributed by atoms with Gasteiger partial charge in [0.1, 0.15) is 0 Å². The second-order valence-corrected chi connectivity index (χ2v) is 6.04. The summed E-state index contributed by atoms with van der Waals surface area (Å²) in [6.07, 6.45) is 7.29. The lowest BCUT2D eigenvalue weighted by Gasteiger charge is -2.17. The van der Waals surface area contributed by atoms with Gasteiger partial charge in [-0.2, -0.15) is 5.10 Å².